The van der Waals surface area contributed by atoms with E-state index < -0.39 is 0 Å². The van der Waals surface area contributed by atoms with Crippen molar-refractivity contribution in [3.63, 3.8) is 0 Å². The normalized spacial score (nSPS) is 12.2. The number of halogens is 1. The number of benzene rings is 1. The van der Waals surface area contributed by atoms with Crippen LogP contribution in [0.3, 0.4) is 0 Å². The molecule has 0 saturated carbocycles. The molecule has 0 heterocycles. The molecule has 0 aliphatic rings. The summed E-state index contributed by atoms with van der Waals surface area (Å²) >= 11 is 0. The number of rotatable bonds is 3. The smallest absolute Gasteiger partial charge is 0.220 e. The number of carbonyl (C=O) groups excluding carboxylic acids is 1. The Labute approximate surface area is 83.1 Å². The minimum absolute atomic E-state index is 0.0261. The van der Waals surface area contributed by atoms with E-state index in [1.807, 2.05) is 13.0 Å². The summed E-state index contributed by atoms with van der Waals surface area (Å²) in [6.45, 7) is 1.91. The van der Waals surface area contributed by atoms with Crippen LogP contribution in [0.1, 0.15) is 24.8 Å². The van der Waals surface area contributed by atoms with Gasteiger partial charge in [-0.3, -0.25) is 4.79 Å². The molecular formula is C11H14FNO. The highest BCUT2D eigenvalue weighted by atomic mass is 19.1. The van der Waals surface area contributed by atoms with Crippen LogP contribution in [-0.4, -0.2) is 13.0 Å². The Morgan fingerprint density at radius 2 is 2.29 bits per heavy atom. The van der Waals surface area contributed by atoms with E-state index >= 15 is 0 Å². The number of amides is 1. The van der Waals surface area contributed by atoms with Gasteiger partial charge >= 0.3 is 0 Å². The highest BCUT2D eigenvalue weighted by Gasteiger charge is 2.10. The summed E-state index contributed by atoms with van der Waals surface area (Å²) in [5, 5.41) is 2.55. The standard InChI is InChI=1S/C11H14FNO/c1-8(6-11(14)13-2)9-4-3-5-10(12)7-9/h3-5,7-8H,6H2,1-2H3,(H,13,14). The van der Waals surface area contributed by atoms with Gasteiger partial charge in [0.15, 0.2) is 0 Å². The van der Waals surface area contributed by atoms with Crippen LogP contribution < -0.4 is 5.32 Å². The van der Waals surface area contributed by atoms with Crippen LogP contribution in [0.4, 0.5) is 4.39 Å². The molecule has 0 aliphatic heterocycles. The lowest BCUT2D eigenvalue weighted by Gasteiger charge is -2.10. The third-order valence-corrected chi connectivity index (χ3v) is 2.19. The third-order valence-electron chi connectivity index (χ3n) is 2.19. The van der Waals surface area contributed by atoms with Crippen molar-refractivity contribution < 1.29 is 9.18 Å². The zero-order chi connectivity index (χ0) is 10.6. The van der Waals surface area contributed by atoms with Crippen LogP contribution in [-0.2, 0) is 4.79 Å². The molecule has 1 N–H and O–H groups in total. The molecule has 3 heteroatoms. The van der Waals surface area contributed by atoms with E-state index in [-0.39, 0.29) is 17.6 Å². The Bertz CT molecular complexity index is 325. The SMILES string of the molecule is CNC(=O)CC(C)c1cccc(F)c1. The van der Waals surface area contributed by atoms with Crippen molar-refractivity contribution in [1.82, 2.24) is 5.32 Å². The predicted octanol–water partition coefficient (Wildman–Crippen LogP) is 2.07. The second-order valence-corrected chi connectivity index (χ2v) is 3.33. The molecule has 1 atom stereocenters. The summed E-state index contributed by atoms with van der Waals surface area (Å²) in [6, 6.07) is 6.35. The van der Waals surface area contributed by atoms with Crippen LogP contribution in [0.2, 0.25) is 0 Å². The van der Waals surface area contributed by atoms with E-state index in [9.17, 15) is 9.18 Å². The van der Waals surface area contributed by atoms with Crippen molar-refractivity contribution in [1.29, 1.82) is 0 Å². The Morgan fingerprint density at radius 3 is 2.86 bits per heavy atom. The molecule has 0 bridgehead atoms. The van der Waals surface area contributed by atoms with E-state index in [1.165, 1.54) is 12.1 Å². The van der Waals surface area contributed by atoms with Gasteiger partial charge in [0, 0.05) is 13.5 Å². The maximum Gasteiger partial charge on any atom is 0.220 e. The number of carbonyl (C=O) groups is 1. The molecule has 0 aliphatic carbocycles. The number of hydrogen-bond donors (Lipinski definition) is 1. The lowest BCUT2D eigenvalue weighted by molar-refractivity contribution is -0.120. The Morgan fingerprint density at radius 1 is 1.57 bits per heavy atom. The molecule has 0 fully saturated rings. The molecule has 0 aromatic heterocycles. The van der Waals surface area contributed by atoms with Gasteiger partial charge in [-0.15, -0.1) is 0 Å². The average molecular weight is 195 g/mol. The van der Waals surface area contributed by atoms with Gasteiger partial charge in [0.05, 0.1) is 0 Å². The van der Waals surface area contributed by atoms with E-state index in [0.717, 1.165) is 5.56 Å². The molecule has 1 rings (SSSR count). The minimum Gasteiger partial charge on any atom is -0.359 e. The molecule has 1 amide bonds. The molecule has 1 aromatic rings. The summed E-state index contributed by atoms with van der Waals surface area (Å²) in [7, 11) is 1.60. The molecule has 1 aromatic carbocycles. The fraction of sp³-hybridized carbons (Fsp3) is 0.364. The van der Waals surface area contributed by atoms with Gasteiger partial charge in [0.2, 0.25) is 5.91 Å². The van der Waals surface area contributed by atoms with Crippen molar-refractivity contribution in [3.05, 3.63) is 35.6 Å². The van der Waals surface area contributed by atoms with Gasteiger partial charge in [0.25, 0.3) is 0 Å². The van der Waals surface area contributed by atoms with Gasteiger partial charge in [-0.05, 0) is 23.6 Å². The van der Waals surface area contributed by atoms with Gasteiger partial charge in [-0.1, -0.05) is 19.1 Å². The van der Waals surface area contributed by atoms with Crippen LogP contribution in [0, 0.1) is 5.82 Å². The first-order valence-corrected chi connectivity index (χ1v) is 4.59. The fourth-order valence-electron chi connectivity index (χ4n) is 1.31. The van der Waals surface area contributed by atoms with E-state index in [4.69, 9.17) is 0 Å². The van der Waals surface area contributed by atoms with Crippen molar-refractivity contribution in [2.45, 2.75) is 19.3 Å². The first kappa shape index (κ1) is 10.7. The van der Waals surface area contributed by atoms with Crippen LogP contribution in [0.25, 0.3) is 0 Å². The Balaban J connectivity index is 2.69. The van der Waals surface area contributed by atoms with Crippen molar-refractivity contribution in [3.8, 4) is 0 Å². The van der Waals surface area contributed by atoms with Crippen molar-refractivity contribution in [2.24, 2.45) is 0 Å². The maximum absolute atomic E-state index is 12.8. The summed E-state index contributed by atoms with van der Waals surface area (Å²) in [5.41, 5.74) is 0.855. The molecule has 76 valence electrons. The van der Waals surface area contributed by atoms with Gasteiger partial charge < -0.3 is 5.32 Å². The Hall–Kier alpha value is -1.38. The quantitative estimate of drug-likeness (QED) is 0.786. The second kappa shape index (κ2) is 4.74. The summed E-state index contributed by atoms with van der Waals surface area (Å²) in [6.07, 6.45) is 0.389. The monoisotopic (exact) mass is 195 g/mol. The minimum atomic E-state index is -0.258. The van der Waals surface area contributed by atoms with Crippen molar-refractivity contribution in [2.75, 3.05) is 7.05 Å². The molecule has 1 unspecified atom stereocenters. The first-order valence-electron chi connectivity index (χ1n) is 4.59. The molecule has 0 radical (unpaired) electrons. The third kappa shape index (κ3) is 2.83. The van der Waals surface area contributed by atoms with Gasteiger partial charge in [-0.2, -0.15) is 0 Å². The first-order chi connectivity index (χ1) is 6.63. The lowest BCUT2D eigenvalue weighted by atomic mass is 9.97. The molecule has 0 spiro atoms. The predicted molar refractivity (Wildman–Crippen MR) is 53.5 cm³/mol. The zero-order valence-corrected chi connectivity index (χ0v) is 8.38. The second-order valence-electron chi connectivity index (χ2n) is 3.33. The maximum atomic E-state index is 12.8. The summed E-state index contributed by atoms with van der Waals surface area (Å²) in [4.78, 5) is 11.1. The number of nitrogens with one attached hydrogen (secondary N) is 1. The van der Waals surface area contributed by atoms with Gasteiger partial charge in [-0.25, -0.2) is 4.39 Å². The molecule has 2 nitrogen and oxygen atoms in total. The van der Waals surface area contributed by atoms with E-state index in [1.54, 1.807) is 13.1 Å². The van der Waals surface area contributed by atoms with E-state index in [2.05, 4.69) is 5.32 Å². The topological polar surface area (TPSA) is 29.1 Å². The van der Waals surface area contributed by atoms with Crippen LogP contribution in [0.15, 0.2) is 24.3 Å². The zero-order valence-electron chi connectivity index (χ0n) is 8.38. The van der Waals surface area contributed by atoms with Crippen LogP contribution >= 0.6 is 0 Å². The highest BCUT2D eigenvalue weighted by molar-refractivity contribution is 5.76. The Kier molecular flexibility index (Phi) is 3.63. The average Bonchev–Trinajstić information content (AvgIpc) is 2.17. The summed E-state index contributed by atoms with van der Waals surface area (Å²) in [5.74, 6) is -0.237. The lowest BCUT2D eigenvalue weighted by Crippen LogP contribution is -2.19. The van der Waals surface area contributed by atoms with Crippen molar-refractivity contribution >= 4 is 5.91 Å². The highest BCUT2D eigenvalue weighted by Crippen LogP contribution is 2.19. The molecular weight excluding hydrogens is 181 g/mol. The number of hydrogen-bond acceptors (Lipinski definition) is 1. The molecule has 14 heavy (non-hydrogen) atoms. The summed E-state index contributed by atoms with van der Waals surface area (Å²) < 4.78 is 12.8. The van der Waals surface area contributed by atoms with E-state index in [0.29, 0.717) is 6.42 Å². The largest absolute Gasteiger partial charge is 0.359 e. The van der Waals surface area contributed by atoms with Gasteiger partial charge in [0.1, 0.15) is 5.82 Å². The van der Waals surface area contributed by atoms with Crippen LogP contribution in [0.5, 0.6) is 0 Å². The fourth-order valence-corrected chi connectivity index (χ4v) is 1.31. The molecule has 0 saturated heterocycles.